The lowest BCUT2D eigenvalue weighted by Crippen LogP contribution is -2.32. The lowest BCUT2D eigenvalue weighted by atomic mass is 10.1. The van der Waals surface area contributed by atoms with E-state index in [0.29, 0.717) is 12.4 Å². The molecule has 2 aromatic carbocycles. The van der Waals surface area contributed by atoms with Crippen LogP contribution in [0.5, 0.6) is 5.75 Å². The number of nitrogens with one attached hydrogen (secondary N) is 1. The van der Waals surface area contributed by atoms with E-state index in [4.69, 9.17) is 9.47 Å². The van der Waals surface area contributed by atoms with Gasteiger partial charge >= 0.3 is 5.97 Å². The summed E-state index contributed by atoms with van der Waals surface area (Å²) in [4.78, 5) is 22.4. The summed E-state index contributed by atoms with van der Waals surface area (Å²) in [5.74, 6) is -3.62. The van der Waals surface area contributed by atoms with E-state index in [-0.39, 0.29) is 5.56 Å². The molecule has 10 heteroatoms. The lowest BCUT2D eigenvalue weighted by Gasteiger charge is -2.09. The van der Waals surface area contributed by atoms with Gasteiger partial charge in [0.2, 0.25) is 10.0 Å². The van der Waals surface area contributed by atoms with E-state index in [0.717, 1.165) is 18.2 Å². The molecule has 0 aromatic heterocycles. The third kappa shape index (κ3) is 5.57. The Hall–Kier alpha value is -2.85. The van der Waals surface area contributed by atoms with Crippen LogP contribution in [-0.2, 0) is 19.6 Å². The fraction of sp³-hybridized carbons (Fsp3) is 0.222. The molecule has 0 saturated carbocycles. The van der Waals surface area contributed by atoms with Crippen molar-refractivity contribution in [3.05, 3.63) is 59.7 Å². The quantitative estimate of drug-likeness (QED) is 0.499. The van der Waals surface area contributed by atoms with Crippen molar-refractivity contribution in [2.24, 2.45) is 0 Å². The van der Waals surface area contributed by atoms with Gasteiger partial charge in [-0.2, -0.15) is 4.72 Å². The molecule has 0 fully saturated rings. The van der Waals surface area contributed by atoms with E-state index in [1.807, 2.05) is 6.92 Å². The SMILES string of the molecule is CCOc1ccc(C(=O)COC(=O)CNS(=O)(=O)c2c(F)cccc2F)cc1. The van der Waals surface area contributed by atoms with Crippen molar-refractivity contribution >= 4 is 21.8 Å². The Balaban J connectivity index is 1.89. The van der Waals surface area contributed by atoms with Crippen molar-refractivity contribution in [2.75, 3.05) is 19.8 Å². The zero-order valence-electron chi connectivity index (χ0n) is 14.8. The summed E-state index contributed by atoms with van der Waals surface area (Å²) in [7, 11) is -4.62. The summed E-state index contributed by atoms with van der Waals surface area (Å²) in [6.45, 7) is 0.764. The summed E-state index contributed by atoms with van der Waals surface area (Å²) in [5, 5.41) is 0. The number of rotatable bonds is 9. The second-order valence-electron chi connectivity index (χ2n) is 5.42. The molecule has 0 bridgehead atoms. The maximum atomic E-state index is 13.6. The van der Waals surface area contributed by atoms with Crippen molar-refractivity contribution in [3.8, 4) is 5.75 Å². The minimum absolute atomic E-state index is 0.269. The molecule has 0 atom stereocenters. The van der Waals surface area contributed by atoms with Gasteiger partial charge in [0.25, 0.3) is 0 Å². The van der Waals surface area contributed by atoms with Gasteiger partial charge in [-0.25, -0.2) is 17.2 Å². The molecule has 0 spiro atoms. The molecule has 0 radical (unpaired) electrons. The fourth-order valence-corrected chi connectivity index (χ4v) is 3.25. The standard InChI is InChI=1S/C18H17F2NO6S/c1-2-26-13-8-6-12(7-9-13)16(22)11-27-17(23)10-21-28(24,25)18-14(19)4-3-5-15(18)20/h3-9,21H,2,10-11H2,1H3. The molecule has 1 N–H and O–H groups in total. The van der Waals surface area contributed by atoms with Gasteiger partial charge in [0, 0.05) is 5.56 Å². The van der Waals surface area contributed by atoms with Crippen molar-refractivity contribution in [1.29, 1.82) is 0 Å². The fourth-order valence-electron chi connectivity index (χ4n) is 2.15. The van der Waals surface area contributed by atoms with E-state index in [2.05, 4.69) is 0 Å². The lowest BCUT2D eigenvalue weighted by molar-refractivity contribution is -0.141. The highest BCUT2D eigenvalue weighted by molar-refractivity contribution is 7.89. The predicted octanol–water partition coefficient (Wildman–Crippen LogP) is 2.07. The van der Waals surface area contributed by atoms with Gasteiger partial charge in [0.05, 0.1) is 6.61 Å². The Morgan fingerprint density at radius 1 is 1.04 bits per heavy atom. The van der Waals surface area contributed by atoms with Crippen molar-refractivity contribution in [2.45, 2.75) is 11.8 Å². The van der Waals surface area contributed by atoms with E-state index < -0.39 is 51.5 Å². The third-order valence-corrected chi connectivity index (χ3v) is 4.90. The largest absolute Gasteiger partial charge is 0.494 e. The monoisotopic (exact) mass is 413 g/mol. The van der Waals surface area contributed by atoms with Crippen LogP contribution in [0, 0.1) is 11.6 Å². The molecule has 2 aromatic rings. The first-order valence-corrected chi connectivity index (χ1v) is 9.58. The number of ketones is 1. The van der Waals surface area contributed by atoms with Gasteiger partial charge in [-0.3, -0.25) is 9.59 Å². The molecule has 0 saturated heterocycles. The number of Topliss-reactive ketones (excluding diaryl/α,β-unsaturated/α-hetero) is 1. The van der Waals surface area contributed by atoms with E-state index in [1.54, 1.807) is 16.9 Å². The van der Waals surface area contributed by atoms with E-state index in [1.165, 1.54) is 12.1 Å². The average molecular weight is 413 g/mol. The Bertz CT molecular complexity index is 940. The van der Waals surface area contributed by atoms with Crippen LogP contribution in [0.15, 0.2) is 47.4 Å². The molecule has 0 aliphatic carbocycles. The molecule has 28 heavy (non-hydrogen) atoms. The van der Waals surface area contributed by atoms with Crippen molar-refractivity contribution in [1.82, 2.24) is 4.72 Å². The molecule has 0 amide bonds. The molecule has 0 aliphatic rings. The Morgan fingerprint density at radius 2 is 1.64 bits per heavy atom. The van der Waals surface area contributed by atoms with Gasteiger partial charge in [0.1, 0.15) is 23.9 Å². The molecular formula is C18H17F2NO6S. The van der Waals surface area contributed by atoms with Crippen LogP contribution in [0.2, 0.25) is 0 Å². The zero-order chi connectivity index (χ0) is 20.7. The smallest absolute Gasteiger partial charge is 0.321 e. The number of hydrogen-bond donors (Lipinski definition) is 1. The minimum atomic E-state index is -4.62. The van der Waals surface area contributed by atoms with Crippen LogP contribution >= 0.6 is 0 Å². The molecule has 0 aliphatic heterocycles. The Kier molecular flexibility index (Phi) is 7.18. The van der Waals surface area contributed by atoms with Crippen LogP contribution in [0.25, 0.3) is 0 Å². The highest BCUT2D eigenvalue weighted by Crippen LogP contribution is 2.17. The van der Waals surface area contributed by atoms with E-state index >= 15 is 0 Å². The number of hydrogen-bond acceptors (Lipinski definition) is 6. The summed E-state index contributed by atoms with van der Waals surface area (Å²) in [5.41, 5.74) is 0.269. The summed E-state index contributed by atoms with van der Waals surface area (Å²) < 4.78 is 62.7. The van der Waals surface area contributed by atoms with Crippen LogP contribution in [0.3, 0.4) is 0 Å². The van der Waals surface area contributed by atoms with Gasteiger partial charge in [-0.05, 0) is 43.3 Å². The normalized spacial score (nSPS) is 11.1. The number of esters is 1. The highest BCUT2D eigenvalue weighted by atomic mass is 32.2. The predicted molar refractivity (Wildman–Crippen MR) is 94.4 cm³/mol. The highest BCUT2D eigenvalue weighted by Gasteiger charge is 2.24. The van der Waals surface area contributed by atoms with Gasteiger partial charge in [0.15, 0.2) is 17.3 Å². The first kappa shape index (κ1) is 21.5. The molecule has 0 heterocycles. The second kappa shape index (κ2) is 9.38. The Labute approximate surface area is 160 Å². The van der Waals surface area contributed by atoms with Crippen LogP contribution in [0.1, 0.15) is 17.3 Å². The summed E-state index contributed by atoms with van der Waals surface area (Å²) >= 11 is 0. The first-order valence-electron chi connectivity index (χ1n) is 8.10. The Morgan fingerprint density at radius 3 is 2.21 bits per heavy atom. The van der Waals surface area contributed by atoms with Crippen LogP contribution in [-0.4, -0.2) is 39.9 Å². The number of carbonyl (C=O) groups is 2. The van der Waals surface area contributed by atoms with Crippen LogP contribution in [0.4, 0.5) is 8.78 Å². The molecule has 2 rings (SSSR count). The first-order chi connectivity index (χ1) is 13.2. The topological polar surface area (TPSA) is 98.8 Å². The van der Waals surface area contributed by atoms with Crippen LogP contribution < -0.4 is 9.46 Å². The number of halogens is 2. The molecule has 7 nitrogen and oxygen atoms in total. The van der Waals surface area contributed by atoms with Crippen molar-refractivity contribution in [3.63, 3.8) is 0 Å². The minimum Gasteiger partial charge on any atom is -0.494 e. The van der Waals surface area contributed by atoms with Gasteiger partial charge in [-0.15, -0.1) is 0 Å². The molecule has 0 unspecified atom stereocenters. The molecule has 150 valence electrons. The molecular weight excluding hydrogens is 396 g/mol. The maximum Gasteiger partial charge on any atom is 0.321 e. The van der Waals surface area contributed by atoms with E-state index in [9.17, 15) is 26.8 Å². The van der Waals surface area contributed by atoms with Gasteiger partial charge < -0.3 is 9.47 Å². The van der Waals surface area contributed by atoms with Gasteiger partial charge in [-0.1, -0.05) is 6.07 Å². The second-order valence-corrected chi connectivity index (χ2v) is 7.12. The summed E-state index contributed by atoms with van der Waals surface area (Å²) in [6, 6.07) is 8.68. The number of carbonyl (C=O) groups excluding carboxylic acids is 2. The number of benzene rings is 2. The summed E-state index contributed by atoms with van der Waals surface area (Å²) in [6.07, 6.45) is 0. The maximum absolute atomic E-state index is 13.6. The van der Waals surface area contributed by atoms with Crippen molar-refractivity contribution < 1.29 is 36.3 Å². The number of sulfonamides is 1. The number of ether oxygens (including phenoxy) is 2. The zero-order valence-corrected chi connectivity index (χ0v) is 15.6. The third-order valence-electron chi connectivity index (χ3n) is 3.45. The average Bonchev–Trinajstić information content (AvgIpc) is 2.65.